The molecule has 2 saturated heterocycles. The Morgan fingerprint density at radius 2 is 1.92 bits per heavy atom. The lowest BCUT2D eigenvalue weighted by atomic mass is 9.98. The van der Waals surface area contributed by atoms with Crippen molar-refractivity contribution in [3.05, 3.63) is 0 Å². The van der Waals surface area contributed by atoms with Gasteiger partial charge in [-0.25, -0.2) is 0 Å². The molecule has 2 heterocycles. The third-order valence-electron chi connectivity index (χ3n) is 5.53. The molecule has 2 aliphatic rings. The summed E-state index contributed by atoms with van der Waals surface area (Å²) in [5, 5.41) is 0. The van der Waals surface area contributed by atoms with Crippen LogP contribution >= 0.6 is 0 Å². The van der Waals surface area contributed by atoms with Crippen LogP contribution in [0.25, 0.3) is 0 Å². The van der Waals surface area contributed by atoms with Crippen LogP contribution in [0.1, 0.15) is 33.1 Å². The van der Waals surface area contributed by atoms with E-state index < -0.39 is 0 Å². The Labute approximate surface area is 150 Å². The van der Waals surface area contributed by atoms with E-state index in [0.29, 0.717) is 19.7 Å². The molecule has 25 heavy (non-hydrogen) atoms. The summed E-state index contributed by atoms with van der Waals surface area (Å²) in [6.07, 6.45) is 2.38. The number of rotatable bonds is 5. The van der Waals surface area contributed by atoms with E-state index in [0.717, 1.165) is 25.8 Å². The monoisotopic (exact) mass is 353 g/mol. The van der Waals surface area contributed by atoms with Gasteiger partial charge >= 0.3 is 5.97 Å². The molecule has 2 rings (SSSR count). The minimum Gasteiger partial charge on any atom is -0.466 e. The maximum atomic E-state index is 12.6. The second-order valence-electron chi connectivity index (χ2n) is 7.24. The van der Waals surface area contributed by atoms with Gasteiger partial charge in [-0.15, -0.1) is 0 Å². The topological polar surface area (TPSA) is 70.2 Å². The molecule has 0 aromatic heterocycles. The number of piperidine rings is 1. The van der Waals surface area contributed by atoms with Crippen molar-refractivity contribution in [2.75, 3.05) is 46.9 Å². The van der Waals surface area contributed by atoms with Gasteiger partial charge in [0.1, 0.15) is 0 Å². The van der Waals surface area contributed by atoms with Gasteiger partial charge in [0.2, 0.25) is 11.8 Å². The molecule has 3 atom stereocenters. The Kier molecular flexibility index (Phi) is 6.81. The van der Waals surface area contributed by atoms with Crippen molar-refractivity contribution in [2.45, 2.75) is 39.2 Å². The first-order chi connectivity index (χ1) is 11.8. The van der Waals surface area contributed by atoms with E-state index in [1.165, 1.54) is 4.90 Å². The number of hydrogen-bond acceptors (Lipinski definition) is 5. The average Bonchev–Trinajstić information content (AvgIpc) is 2.93. The van der Waals surface area contributed by atoms with E-state index in [4.69, 9.17) is 4.74 Å². The van der Waals surface area contributed by atoms with Crippen LogP contribution in [-0.4, -0.2) is 85.4 Å². The van der Waals surface area contributed by atoms with Gasteiger partial charge in [-0.3, -0.25) is 14.4 Å². The smallest absolute Gasteiger partial charge is 0.310 e. The quantitative estimate of drug-likeness (QED) is 0.677. The summed E-state index contributed by atoms with van der Waals surface area (Å²) >= 11 is 0. The predicted molar refractivity (Wildman–Crippen MR) is 93.8 cm³/mol. The zero-order valence-electron chi connectivity index (χ0n) is 15.9. The van der Waals surface area contributed by atoms with Crippen LogP contribution in [0.4, 0.5) is 0 Å². The highest BCUT2D eigenvalue weighted by Crippen LogP contribution is 2.24. The van der Waals surface area contributed by atoms with Crippen molar-refractivity contribution < 1.29 is 19.1 Å². The number of amides is 2. The van der Waals surface area contributed by atoms with Crippen LogP contribution in [0.3, 0.4) is 0 Å². The fraction of sp³-hybridized carbons (Fsp3) is 0.833. The molecule has 0 N–H and O–H groups in total. The Bertz CT molecular complexity index is 511. The van der Waals surface area contributed by atoms with Crippen LogP contribution in [-0.2, 0) is 19.1 Å². The highest BCUT2D eigenvalue weighted by Gasteiger charge is 2.36. The number of ether oxygens (including phenoxy) is 1. The number of likely N-dealkylation sites (N-methyl/N-ethyl adjacent to an activating group) is 1. The summed E-state index contributed by atoms with van der Waals surface area (Å²) in [7, 11) is 3.71. The van der Waals surface area contributed by atoms with Crippen LogP contribution in [0.2, 0.25) is 0 Å². The number of carbonyl (C=O) groups excluding carboxylic acids is 3. The first-order valence-electron chi connectivity index (χ1n) is 9.24. The van der Waals surface area contributed by atoms with Crippen molar-refractivity contribution >= 4 is 17.8 Å². The third-order valence-corrected chi connectivity index (χ3v) is 5.53. The summed E-state index contributed by atoms with van der Waals surface area (Å²) in [6, 6.07) is 0.202. The Morgan fingerprint density at radius 3 is 2.52 bits per heavy atom. The molecule has 0 aromatic rings. The van der Waals surface area contributed by atoms with Gasteiger partial charge in [0, 0.05) is 26.2 Å². The lowest BCUT2D eigenvalue weighted by molar-refractivity contribution is -0.152. The maximum absolute atomic E-state index is 12.6. The van der Waals surface area contributed by atoms with E-state index >= 15 is 0 Å². The molecule has 7 nitrogen and oxygen atoms in total. The molecule has 0 radical (unpaired) electrons. The van der Waals surface area contributed by atoms with Gasteiger partial charge in [0.15, 0.2) is 0 Å². The highest BCUT2D eigenvalue weighted by molar-refractivity contribution is 5.86. The molecule has 0 bridgehead atoms. The van der Waals surface area contributed by atoms with E-state index in [2.05, 4.69) is 11.8 Å². The summed E-state index contributed by atoms with van der Waals surface area (Å²) in [5.74, 6) is -0.584. The van der Waals surface area contributed by atoms with Crippen molar-refractivity contribution in [2.24, 2.45) is 11.8 Å². The molecule has 0 saturated carbocycles. The standard InChI is InChI=1S/C18H31N3O4/c1-5-25-18(24)14-7-6-9-21(11-14)16(22)12-20(4)17(23)15-8-10-19(3)13(15)2/h13-15H,5-12H2,1-4H3. The predicted octanol–water partition coefficient (Wildman–Crippen LogP) is 0.587. The highest BCUT2D eigenvalue weighted by atomic mass is 16.5. The maximum Gasteiger partial charge on any atom is 0.310 e. The van der Waals surface area contributed by atoms with Crippen molar-refractivity contribution in [1.29, 1.82) is 0 Å². The minimum absolute atomic E-state index is 0.0316. The fourth-order valence-electron chi connectivity index (χ4n) is 3.74. The normalized spacial score (nSPS) is 27.2. The molecule has 142 valence electrons. The molecular weight excluding hydrogens is 322 g/mol. The van der Waals surface area contributed by atoms with Crippen LogP contribution in [0.5, 0.6) is 0 Å². The number of nitrogens with zero attached hydrogens (tertiary/aromatic N) is 3. The molecule has 2 amide bonds. The second kappa shape index (κ2) is 8.65. The first kappa shape index (κ1) is 19.7. The molecule has 0 aromatic carbocycles. The van der Waals surface area contributed by atoms with Crippen molar-refractivity contribution in [1.82, 2.24) is 14.7 Å². The molecule has 2 aliphatic heterocycles. The van der Waals surface area contributed by atoms with Crippen LogP contribution in [0.15, 0.2) is 0 Å². The van der Waals surface area contributed by atoms with Gasteiger partial charge in [0.25, 0.3) is 0 Å². The third kappa shape index (κ3) is 4.71. The number of esters is 1. The van der Waals surface area contributed by atoms with Gasteiger partial charge in [-0.05, 0) is 46.7 Å². The summed E-state index contributed by atoms with van der Waals surface area (Å²) < 4.78 is 5.07. The molecule has 2 fully saturated rings. The van der Waals surface area contributed by atoms with E-state index in [9.17, 15) is 14.4 Å². The van der Waals surface area contributed by atoms with E-state index in [-0.39, 0.29) is 42.2 Å². The molecular formula is C18H31N3O4. The van der Waals surface area contributed by atoms with Crippen molar-refractivity contribution in [3.63, 3.8) is 0 Å². The zero-order valence-corrected chi connectivity index (χ0v) is 15.9. The second-order valence-corrected chi connectivity index (χ2v) is 7.24. The number of hydrogen-bond donors (Lipinski definition) is 0. The average molecular weight is 353 g/mol. The van der Waals surface area contributed by atoms with Crippen LogP contribution < -0.4 is 0 Å². The van der Waals surface area contributed by atoms with Crippen LogP contribution in [0, 0.1) is 11.8 Å². The van der Waals surface area contributed by atoms with Gasteiger partial charge in [-0.1, -0.05) is 0 Å². The summed E-state index contributed by atoms with van der Waals surface area (Å²) in [5.41, 5.74) is 0. The van der Waals surface area contributed by atoms with Gasteiger partial charge < -0.3 is 19.4 Å². The lowest BCUT2D eigenvalue weighted by Crippen LogP contribution is -2.48. The Hall–Kier alpha value is -1.63. The molecule has 0 spiro atoms. The lowest BCUT2D eigenvalue weighted by Gasteiger charge is -2.33. The Balaban J connectivity index is 1.88. The zero-order chi connectivity index (χ0) is 18.6. The van der Waals surface area contributed by atoms with E-state index in [1.807, 2.05) is 7.05 Å². The fourth-order valence-corrected chi connectivity index (χ4v) is 3.74. The summed E-state index contributed by atoms with van der Waals surface area (Å²) in [6.45, 7) is 6.20. The molecule has 0 aliphatic carbocycles. The largest absolute Gasteiger partial charge is 0.466 e. The Morgan fingerprint density at radius 1 is 1.20 bits per heavy atom. The summed E-state index contributed by atoms with van der Waals surface area (Å²) in [4.78, 5) is 42.5. The van der Waals surface area contributed by atoms with Gasteiger partial charge in [-0.2, -0.15) is 0 Å². The number of likely N-dealkylation sites (tertiary alicyclic amines) is 2. The number of carbonyl (C=O) groups is 3. The minimum atomic E-state index is -0.248. The molecule has 3 unspecified atom stereocenters. The molecule has 7 heteroatoms. The van der Waals surface area contributed by atoms with Gasteiger partial charge in [0.05, 0.1) is 25.0 Å². The SMILES string of the molecule is CCOC(=O)C1CCCN(C(=O)CN(C)C(=O)C2CCN(C)C2C)C1. The van der Waals surface area contributed by atoms with Crippen molar-refractivity contribution in [3.8, 4) is 0 Å². The first-order valence-corrected chi connectivity index (χ1v) is 9.24. The van der Waals surface area contributed by atoms with E-state index in [1.54, 1.807) is 18.9 Å².